The number of rotatable bonds is 6. The average molecular weight is 324 g/mol. The van der Waals surface area contributed by atoms with Crippen molar-refractivity contribution in [1.29, 1.82) is 0 Å². The quantitative estimate of drug-likeness (QED) is 0.882. The second-order valence-corrected chi connectivity index (χ2v) is 6.63. The number of nitrogens with one attached hydrogen (secondary N) is 1. The fourth-order valence-corrected chi connectivity index (χ4v) is 3.20. The molecule has 1 aliphatic heterocycles. The van der Waals surface area contributed by atoms with Gasteiger partial charge in [-0.1, -0.05) is 30.3 Å². The Bertz CT molecular complexity index is 642. The third-order valence-corrected chi connectivity index (χ3v) is 4.67. The molecule has 1 saturated carbocycles. The van der Waals surface area contributed by atoms with Gasteiger partial charge in [-0.05, 0) is 12.8 Å². The molecular weight excluding hydrogens is 300 g/mol. The van der Waals surface area contributed by atoms with Crippen molar-refractivity contribution < 1.29 is 4.74 Å². The van der Waals surface area contributed by atoms with Crippen molar-refractivity contribution in [2.45, 2.75) is 31.5 Å². The second kappa shape index (κ2) is 7.38. The summed E-state index contributed by atoms with van der Waals surface area (Å²) in [6.07, 6.45) is 6.83. The van der Waals surface area contributed by atoms with E-state index in [9.17, 15) is 0 Å². The monoisotopic (exact) mass is 324 g/mol. The van der Waals surface area contributed by atoms with Gasteiger partial charge in [0.05, 0.1) is 12.7 Å². The third-order valence-electron chi connectivity index (χ3n) is 4.67. The standard InChI is InChI=1S/C19H24N4O/c1-2-4-16(5-3-1)19-21-11-15(12-22-19)10-20-13-18-14-23(8-9-24-18)17-6-7-17/h1-5,11-12,17-18,20H,6-10,13-14H2. The highest BCUT2D eigenvalue weighted by Gasteiger charge is 2.32. The molecular formula is C19H24N4O. The molecule has 126 valence electrons. The number of hydrogen-bond acceptors (Lipinski definition) is 5. The van der Waals surface area contributed by atoms with Crippen molar-refractivity contribution in [3.63, 3.8) is 0 Å². The number of aromatic nitrogens is 2. The molecule has 0 bridgehead atoms. The Kier molecular flexibility index (Phi) is 4.83. The highest BCUT2D eigenvalue weighted by molar-refractivity contribution is 5.53. The maximum absolute atomic E-state index is 5.87. The molecule has 5 nitrogen and oxygen atoms in total. The van der Waals surface area contributed by atoms with Crippen LogP contribution in [-0.4, -0.2) is 53.3 Å². The Labute approximate surface area is 143 Å². The summed E-state index contributed by atoms with van der Waals surface area (Å²) in [5.74, 6) is 0.773. The van der Waals surface area contributed by atoms with Crippen LogP contribution in [0.15, 0.2) is 42.7 Å². The first-order valence-corrected chi connectivity index (χ1v) is 8.81. The van der Waals surface area contributed by atoms with Crippen molar-refractivity contribution in [3.05, 3.63) is 48.3 Å². The highest BCUT2D eigenvalue weighted by Crippen LogP contribution is 2.28. The van der Waals surface area contributed by atoms with Crippen LogP contribution in [-0.2, 0) is 11.3 Å². The number of nitrogens with zero attached hydrogens (tertiary/aromatic N) is 3. The minimum Gasteiger partial charge on any atom is -0.374 e. The Morgan fingerprint density at radius 2 is 1.92 bits per heavy atom. The molecule has 1 aliphatic carbocycles. The number of ether oxygens (including phenoxy) is 1. The molecule has 1 aromatic carbocycles. The molecule has 0 amide bonds. The zero-order valence-electron chi connectivity index (χ0n) is 13.9. The van der Waals surface area contributed by atoms with Crippen LogP contribution >= 0.6 is 0 Å². The second-order valence-electron chi connectivity index (χ2n) is 6.63. The van der Waals surface area contributed by atoms with E-state index in [-0.39, 0.29) is 0 Å². The van der Waals surface area contributed by atoms with Crippen molar-refractivity contribution >= 4 is 0 Å². The predicted octanol–water partition coefficient (Wildman–Crippen LogP) is 2.10. The molecule has 2 aromatic rings. The van der Waals surface area contributed by atoms with Crippen molar-refractivity contribution in [2.24, 2.45) is 0 Å². The zero-order valence-corrected chi connectivity index (χ0v) is 13.9. The lowest BCUT2D eigenvalue weighted by Crippen LogP contribution is -2.47. The van der Waals surface area contributed by atoms with Gasteiger partial charge in [-0.3, -0.25) is 4.90 Å². The minimum atomic E-state index is 0.295. The largest absolute Gasteiger partial charge is 0.374 e. The average Bonchev–Trinajstić information content (AvgIpc) is 3.49. The molecule has 2 aliphatic rings. The van der Waals surface area contributed by atoms with Gasteiger partial charge in [-0.25, -0.2) is 9.97 Å². The van der Waals surface area contributed by atoms with Gasteiger partial charge < -0.3 is 10.1 Å². The summed E-state index contributed by atoms with van der Waals surface area (Å²) in [4.78, 5) is 11.5. The SMILES string of the molecule is c1ccc(-c2ncc(CNCC3CN(C4CC4)CCO3)cn2)cc1. The Balaban J connectivity index is 1.25. The molecule has 1 unspecified atom stereocenters. The van der Waals surface area contributed by atoms with E-state index in [0.717, 1.165) is 55.8 Å². The van der Waals surface area contributed by atoms with Crippen LogP contribution in [0.3, 0.4) is 0 Å². The van der Waals surface area contributed by atoms with Gasteiger partial charge in [0.15, 0.2) is 5.82 Å². The summed E-state index contributed by atoms with van der Waals surface area (Å²) >= 11 is 0. The van der Waals surface area contributed by atoms with Crippen LogP contribution < -0.4 is 5.32 Å². The van der Waals surface area contributed by atoms with Gasteiger partial charge in [-0.2, -0.15) is 0 Å². The van der Waals surface area contributed by atoms with Gasteiger partial charge in [0.2, 0.25) is 0 Å². The normalized spacial score (nSPS) is 21.8. The van der Waals surface area contributed by atoms with E-state index in [2.05, 4.69) is 20.2 Å². The molecule has 1 atom stereocenters. The highest BCUT2D eigenvalue weighted by atomic mass is 16.5. The fraction of sp³-hybridized carbons (Fsp3) is 0.474. The van der Waals surface area contributed by atoms with Gasteiger partial charge in [0, 0.05) is 55.7 Å². The van der Waals surface area contributed by atoms with E-state index in [4.69, 9.17) is 4.74 Å². The Morgan fingerprint density at radius 1 is 1.12 bits per heavy atom. The Hall–Kier alpha value is -1.82. The number of hydrogen-bond donors (Lipinski definition) is 1. The maximum Gasteiger partial charge on any atom is 0.159 e. The van der Waals surface area contributed by atoms with Crippen LogP contribution in [0.25, 0.3) is 11.4 Å². The van der Waals surface area contributed by atoms with E-state index in [1.807, 2.05) is 42.7 Å². The molecule has 5 heteroatoms. The summed E-state index contributed by atoms with van der Waals surface area (Å²) < 4.78 is 5.87. The van der Waals surface area contributed by atoms with Crippen LogP contribution in [0.2, 0.25) is 0 Å². The lowest BCUT2D eigenvalue weighted by atomic mass is 10.2. The van der Waals surface area contributed by atoms with Crippen LogP contribution in [0.1, 0.15) is 18.4 Å². The summed E-state index contributed by atoms with van der Waals surface area (Å²) in [6.45, 7) is 4.66. The van der Waals surface area contributed by atoms with Crippen molar-refractivity contribution in [1.82, 2.24) is 20.2 Å². The van der Waals surface area contributed by atoms with Gasteiger partial charge in [0.25, 0.3) is 0 Å². The first-order valence-electron chi connectivity index (χ1n) is 8.81. The van der Waals surface area contributed by atoms with E-state index in [1.54, 1.807) is 0 Å². The molecule has 1 saturated heterocycles. The summed E-state index contributed by atoms with van der Waals surface area (Å²) in [6, 6.07) is 10.9. The summed E-state index contributed by atoms with van der Waals surface area (Å²) in [5.41, 5.74) is 2.15. The van der Waals surface area contributed by atoms with Crippen molar-refractivity contribution in [2.75, 3.05) is 26.2 Å². The number of benzene rings is 1. The van der Waals surface area contributed by atoms with Gasteiger partial charge >= 0.3 is 0 Å². The first kappa shape index (κ1) is 15.7. The molecule has 2 heterocycles. The first-order chi connectivity index (χ1) is 11.9. The van der Waals surface area contributed by atoms with Gasteiger partial charge in [0.1, 0.15) is 0 Å². The molecule has 1 aromatic heterocycles. The van der Waals surface area contributed by atoms with E-state index in [0.29, 0.717) is 6.10 Å². The summed E-state index contributed by atoms with van der Waals surface area (Å²) in [7, 11) is 0. The lowest BCUT2D eigenvalue weighted by molar-refractivity contribution is -0.0301. The fourth-order valence-electron chi connectivity index (χ4n) is 3.20. The number of morpholine rings is 1. The zero-order chi connectivity index (χ0) is 16.2. The molecule has 0 radical (unpaired) electrons. The topological polar surface area (TPSA) is 50.3 Å². The smallest absolute Gasteiger partial charge is 0.159 e. The predicted molar refractivity (Wildman–Crippen MR) is 93.5 cm³/mol. The van der Waals surface area contributed by atoms with Gasteiger partial charge in [-0.15, -0.1) is 0 Å². The van der Waals surface area contributed by atoms with Crippen LogP contribution in [0.5, 0.6) is 0 Å². The molecule has 4 rings (SSSR count). The van der Waals surface area contributed by atoms with Crippen LogP contribution in [0, 0.1) is 0 Å². The third kappa shape index (κ3) is 3.98. The minimum absolute atomic E-state index is 0.295. The molecule has 1 N–H and O–H groups in total. The van der Waals surface area contributed by atoms with E-state index in [1.165, 1.54) is 12.8 Å². The molecule has 24 heavy (non-hydrogen) atoms. The van der Waals surface area contributed by atoms with E-state index < -0.39 is 0 Å². The van der Waals surface area contributed by atoms with Crippen LogP contribution in [0.4, 0.5) is 0 Å². The summed E-state index contributed by atoms with van der Waals surface area (Å²) in [5, 5.41) is 3.48. The van der Waals surface area contributed by atoms with E-state index >= 15 is 0 Å². The lowest BCUT2D eigenvalue weighted by Gasteiger charge is -2.33. The Morgan fingerprint density at radius 3 is 2.67 bits per heavy atom. The van der Waals surface area contributed by atoms with Crippen molar-refractivity contribution in [3.8, 4) is 11.4 Å². The molecule has 2 fully saturated rings. The maximum atomic E-state index is 5.87. The molecule has 0 spiro atoms.